The van der Waals surface area contributed by atoms with Crippen LogP contribution in [0.2, 0.25) is 0 Å². The van der Waals surface area contributed by atoms with Crippen molar-refractivity contribution in [2.24, 2.45) is 11.7 Å². The van der Waals surface area contributed by atoms with Crippen molar-refractivity contribution in [2.45, 2.75) is 25.3 Å². The Morgan fingerprint density at radius 3 is 3.00 bits per heavy atom. The van der Waals surface area contributed by atoms with Gasteiger partial charge in [0.05, 0.1) is 7.11 Å². The van der Waals surface area contributed by atoms with Crippen LogP contribution in [0.1, 0.15) is 19.3 Å². The second-order valence-corrected chi connectivity index (χ2v) is 5.48. The molecule has 0 spiro atoms. The highest BCUT2D eigenvalue weighted by atomic mass is 16.5. The Hall–Kier alpha value is -1.81. The van der Waals surface area contributed by atoms with Crippen molar-refractivity contribution in [3.8, 4) is 5.75 Å². The molecule has 1 aromatic heterocycles. The zero-order valence-electron chi connectivity index (χ0n) is 11.8. The van der Waals surface area contributed by atoms with Gasteiger partial charge in [-0.05, 0) is 42.3 Å². The van der Waals surface area contributed by atoms with Gasteiger partial charge in [-0.25, -0.2) is 4.98 Å². The molecule has 0 aliphatic heterocycles. The molecule has 2 aromatic rings. The average molecular weight is 271 g/mol. The Kier molecular flexibility index (Phi) is 3.74. The quantitative estimate of drug-likeness (QED) is 0.897. The number of ether oxygens (including phenoxy) is 1. The predicted molar refractivity (Wildman–Crippen MR) is 82.1 cm³/mol. The second-order valence-electron chi connectivity index (χ2n) is 5.48. The maximum absolute atomic E-state index is 6.12. The molecule has 0 saturated heterocycles. The Bertz CT molecular complexity index is 599. The van der Waals surface area contributed by atoms with Crippen molar-refractivity contribution < 1.29 is 4.74 Å². The number of hydrogen-bond donors (Lipinski definition) is 2. The van der Waals surface area contributed by atoms with Gasteiger partial charge in [0.15, 0.2) is 0 Å². The van der Waals surface area contributed by atoms with E-state index in [1.165, 1.54) is 18.2 Å². The maximum atomic E-state index is 6.12. The normalized spacial score (nSPS) is 22.1. The molecule has 2 unspecified atom stereocenters. The number of nitrogens with two attached hydrogens (primary N) is 1. The minimum Gasteiger partial charge on any atom is -0.497 e. The molecule has 3 rings (SSSR count). The number of pyridine rings is 1. The van der Waals surface area contributed by atoms with Gasteiger partial charge in [0.1, 0.15) is 11.6 Å². The third kappa shape index (κ3) is 2.56. The van der Waals surface area contributed by atoms with Crippen molar-refractivity contribution in [1.29, 1.82) is 0 Å². The van der Waals surface area contributed by atoms with Crippen molar-refractivity contribution >= 4 is 16.6 Å². The predicted octanol–water partition coefficient (Wildman–Crippen LogP) is 2.78. The van der Waals surface area contributed by atoms with E-state index in [4.69, 9.17) is 10.5 Å². The monoisotopic (exact) mass is 271 g/mol. The van der Waals surface area contributed by atoms with E-state index in [0.29, 0.717) is 12.0 Å². The smallest absolute Gasteiger partial charge is 0.133 e. The van der Waals surface area contributed by atoms with Gasteiger partial charge in [0.2, 0.25) is 0 Å². The van der Waals surface area contributed by atoms with Gasteiger partial charge in [0, 0.05) is 24.2 Å². The summed E-state index contributed by atoms with van der Waals surface area (Å²) in [6.45, 7) is 0.893. The summed E-state index contributed by atoms with van der Waals surface area (Å²) in [6.07, 6.45) is 5.43. The first kappa shape index (κ1) is 13.2. The van der Waals surface area contributed by atoms with E-state index in [2.05, 4.69) is 16.4 Å². The van der Waals surface area contributed by atoms with Crippen LogP contribution in [0.5, 0.6) is 5.75 Å². The summed E-state index contributed by atoms with van der Waals surface area (Å²) in [5.74, 6) is 2.32. The molecule has 3 N–H and O–H groups in total. The zero-order chi connectivity index (χ0) is 13.9. The fourth-order valence-electron chi connectivity index (χ4n) is 2.96. The number of rotatable bonds is 4. The lowest BCUT2D eigenvalue weighted by Crippen LogP contribution is -2.29. The highest BCUT2D eigenvalue weighted by Gasteiger charge is 2.23. The molecule has 1 fully saturated rings. The molecule has 1 aliphatic rings. The summed E-state index contributed by atoms with van der Waals surface area (Å²) in [5.41, 5.74) is 6.12. The van der Waals surface area contributed by atoms with E-state index in [1.54, 1.807) is 7.11 Å². The molecule has 0 radical (unpaired) electrons. The lowest BCUT2D eigenvalue weighted by atomic mass is 10.0. The fraction of sp³-hybridized carbons (Fsp3) is 0.438. The van der Waals surface area contributed by atoms with Gasteiger partial charge < -0.3 is 15.8 Å². The molecule has 1 aromatic carbocycles. The van der Waals surface area contributed by atoms with Crippen LogP contribution in [0, 0.1) is 5.92 Å². The number of methoxy groups -OCH3 is 1. The molecule has 0 amide bonds. The highest BCUT2D eigenvalue weighted by Crippen LogP contribution is 2.28. The van der Waals surface area contributed by atoms with Crippen molar-refractivity contribution in [3.63, 3.8) is 0 Å². The standard InChI is InChI=1S/C16H21N3O/c1-20-13-6-5-11-7-8-18-16(14(11)9-13)19-10-12-3-2-4-15(12)17/h5-9,12,15H,2-4,10,17H2,1H3,(H,18,19). The lowest BCUT2D eigenvalue weighted by Gasteiger charge is -2.17. The number of aromatic nitrogens is 1. The number of hydrogen-bond acceptors (Lipinski definition) is 4. The van der Waals surface area contributed by atoms with Gasteiger partial charge in [-0.15, -0.1) is 0 Å². The molecule has 106 valence electrons. The van der Waals surface area contributed by atoms with Crippen LogP contribution < -0.4 is 15.8 Å². The first-order valence-corrected chi connectivity index (χ1v) is 7.20. The number of benzene rings is 1. The first-order valence-electron chi connectivity index (χ1n) is 7.20. The van der Waals surface area contributed by atoms with Gasteiger partial charge in [0.25, 0.3) is 0 Å². The van der Waals surface area contributed by atoms with E-state index in [1.807, 2.05) is 24.4 Å². The van der Waals surface area contributed by atoms with E-state index >= 15 is 0 Å². The van der Waals surface area contributed by atoms with Crippen LogP contribution in [0.3, 0.4) is 0 Å². The Morgan fingerprint density at radius 1 is 1.35 bits per heavy atom. The van der Waals surface area contributed by atoms with E-state index in [0.717, 1.165) is 29.9 Å². The number of nitrogens with one attached hydrogen (secondary N) is 1. The number of fused-ring (bicyclic) bond motifs is 1. The number of nitrogens with zero attached hydrogens (tertiary/aromatic N) is 1. The molecule has 1 saturated carbocycles. The van der Waals surface area contributed by atoms with Crippen LogP contribution in [0.25, 0.3) is 10.8 Å². The van der Waals surface area contributed by atoms with Crippen LogP contribution in [-0.2, 0) is 0 Å². The van der Waals surface area contributed by atoms with Crippen molar-refractivity contribution in [2.75, 3.05) is 19.0 Å². The highest BCUT2D eigenvalue weighted by molar-refractivity contribution is 5.92. The summed E-state index contributed by atoms with van der Waals surface area (Å²) >= 11 is 0. The summed E-state index contributed by atoms with van der Waals surface area (Å²) in [6, 6.07) is 8.40. The molecule has 20 heavy (non-hydrogen) atoms. The Labute approximate surface area is 119 Å². The molecule has 4 heteroatoms. The largest absolute Gasteiger partial charge is 0.497 e. The van der Waals surface area contributed by atoms with Crippen molar-refractivity contribution in [3.05, 3.63) is 30.5 Å². The molecule has 1 aliphatic carbocycles. The fourth-order valence-corrected chi connectivity index (χ4v) is 2.96. The van der Waals surface area contributed by atoms with E-state index in [-0.39, 0.29) is 0 Å². The van der Waals surface area contributed by atoms with Gasteiger partial charge >= 0.3 is 0 Å². The molecular weight excluding hydrogens is 250 g/mol. The van der Waals surface area contributed by atoms with E-state index in [9.17, 15) is 0 Å². The SMILES string of the molecule is COc1ccc2ccnc(NCC3CCCC3N)c2c1. The van der Waals surface area contributed by atoms with Gasteiger partial charge in [-0.2, -0.15) is 0 Å². The Balaban J connectivity index is 1.83. The zero-order valence-corrected chi connectivity index (χ0v) is 11.8. The molecule has 4 nitrogen and oxygen atoms in total. The van der Waals surface area contributed by atoms with Crippen LogP contribution in [0.4, 0.5) is 5.82 Å². The summed E-state index contributed by atoms with van der Waals surface area (Å²) in [7, 11) is 1.68. The number of anilines is 1. The lowest BCUT2D eigenvalue weighted by molar-refractivity contribution is 0.415. The first-order chi connectivity index (χ1) is 9.78. The van der Waals surface area contributed by atoms with Crippen LogP contribution in [-0.4, -0.2) is 24.7 Å². The van der Waals surface area contributed by atoms with E-state index < -0.39 is 0 Å². The summed E-state index contributed by atoms with van der Waals surface area (Å²) in [4.78, 5) is 4.46. The summed E-state index contributed by atoms with van der Waals surface area (Å²) < 4.78 is 5.30. The average Bonchev–Trinajstić information content (AvgIpc) is 2.89. The molecule has 2 atom stereocenters. The Morgan fingerprint density at radius 2 is 2.25 bits per heavy atom. The minimum absolute atomic E-state index is 0.326. The summed E-state index contributed by atoms with van der Waals surface area (Å²) in [5, 5.41) is 5.73. The second kappa shape index (κ2) is 5.67. The van der Waals surface area contributed by atoms with Gasteiger partial charge in [-0.3, -0.25) is 0 Å². The third-order valence-electron chi connectivity index (χ3n) is 4.22. The molecule has 1 heterocycles. The molecule has 0 bridgehead atoms. The third-order valence-corrected chi connectivity index (χ3v) is 4.22. The van der Waals surface area contributed by atoms with Crippen LogP contribution >= 0.6 is 0 Å². The minimum atomic E-state index is 0.326. The molecular formula is C16H21N3O. The van der Waals surface area contributed by atoms with Crippen molar-refractivity contribution in [1.82, 2.24) is 4.98 Å². The maximum Gasteiger partial charge on any atom is 0.133 e. The topological polar surface area (TPSA) is 60.2 Å². The van der Waals surface area contributed by atoms with Crippen LogP contribution in [0.15, 0.2) is 30.5 Å². The van der Waals surface area contributed by atoms with Gasteiger partial charge in [-0.1, -0.05) is 12.5 Å².